The largest absolute Gasteiger partial charge is 0.343 e. The van der Waals surface area contributed by atoms with Crippen molar-refractivity contribution < 1.29 is 9.59 Å². The first kappa shape index (κ1) is 18.0. The Labute approximate surface area is 143 Å². The monoisotopic (exact) mass is 327 g/mol. The molecule has 0 bridgehead atoms. The highest BCUT2D eigenvalue weighted by molar-refractivity contribution is 5.98. The number of hydrogen-bond acceptors (Lipinski definition) is 3. The van der Waals surface area contributed by atoms with E-state index in [9.17, 15) is 14.9 Å². The van der Waals surface area contributed by atoms with Crippen LogP contribution in [-0.2, 0) is 9.59 Å². The fraction of sp³-hybridized carbons (Fsp3) is 0.526. The lowest BCUT2D eigenvalue weighted by Crippen LogP contribution is -2.41. The number of nitrogens with zero attached hydrogens (tertiary/aromatic N) is 3. The van der Waals surface area contributed by atoms with Gasteiger partial charge in [-0.3, -0.25) is 9.59 Å². The molecule has 1 heterocycles. The maximum absolute atomic E-state index is 12.7. The third kappa shape index (κ3) is 4.35. The van der Waals surface area contributed by atoms with Gasteiger partial charge in [-0.2, -0.15) is 5.26 Å². The molecule has 1 aliphatic rings. The minimum Gasteiger partial charge on any atom is -0.343 e. The van der Waals surface area contributed by atoms with Crippen molar-refractivity contribution in [1.29, 1.82) is 5.26 Å². The molecule has 1 aromatic rings. The molecule has 0 aromatic heterocycles. The van der Waals surface area contributed by atoms with Crippen LogP contribution >= 0.6 is 0 Å². The lowest BCUT2D eigenvalue weighted by Gasteiger charge is -2.31. The Balaban J connectivity index is 2.03. The van der Waals surface area contributed by atoms with Crippen LogP contribution in [0.4, 0.5) is 5.69 Å². The molecule has 5 nitrogen and oxygen atoms in total. The number of carbonyl (C=O) groups excluding carboxylic acids is 2. The molecule has 1 fully saturated rings. The molecule has 24 heavy (non-hydrogen) atoms. The van der Waals surface area contributed by atoms with Gasteiger partial charge in [-0.05, 0) is 37.8 Å². The predicted octanol–water partition coefficient (Wildman–Crippen LogP) is 2.83. The van der Waals surface area contributed by atoms with Gasteiger partial charge >= 0.3 is 0 Å². The molecule has 0 aliphatic carbocycles. The second kappa shape index (κ2) is 8.49. The molecule has 1 atom stereocenters. The predicted molar refractivity (Wildman–Crippen MR) is 93.2 cm³/mol. The molecule has 1 aliphatic heterocycles. The van der Waals surface area contributed by atoms with Gasteiger partial charge in [0.1, 0.15) is 5.92 Å². The van der Waals surface area contributed by atoms with Crippen molar-refractivity contribution in [3.05, 3.63) is 30.3 Å². The van der Waals surface area contributed by atoms with Crippen LogP contribution in [0, 0.1) is 23.2 Å². The topological polar surface area (TPSA) is 64.4 Å². The van der Waals surface area contributed by atoms with Crippen molar-refractivity contribution in [2.45, 2.75) is 33.1 Å². The Morgan fingerprint density at radius 1 is 1.29 bits per heavy atom. The summed E-state index contributed by atoms with van der Waals surface area (Å²) in [4.78, 5) is 28.5. The zero-order valence-corrected chi connectivity index (χ0v) is 14.4. The van der Waals surface area contributed by atoms with Crippen molar-refractivity contribution in [2.24, 2.45) is 11.8 Å². The third-order valence-electron chi connectivity index (χ3n) is 4.62. The Morgan fingerprint density at radius 3 is 2.46 bits per heavy atom. The van der Waals surface area contributed by atoms with Crippen molar-refractivity contribution in [1.82, 2.24) is 4.90 Å². The van der Waals surface area contributed by atoms with E-state index in [0.717, 1.165) is 31.6 Å². The van der Waals surface area contributed by atoms with E-state index in [0.29, 0.717) is 12.5 Å². The van der Waals surface area contributed by atoms with Crippen LogP contribution in [0.15, 0.2) is 30.3 Å². The number of likely N-dealkylation sites (tertiary alicyclic amines) is 1. The minimum atomic E-state index is -0.933. The Hall–Kier alpha value is -2.35. The molecule has 1 aromatic carbocycles. The maximum Gasteiger partial charge on any atom is 0.244 e. The van der Waals surface area contributed by atoms with Crippen LogP contribution in [0.3, 0.4) is 0 Å². The summed E-state index contributed by atoms with van der Waals surface area (Å²) in [6.45, 7) is 5.97. The molecule has 128 valence electrons. The van der Waals surface area contributed by atoms with Gasteiger partial charge in [0.05, 0.1) is 12.5 Å². The molecule has 1 saturated heterocycles. The summed E-state index contributed by atoms with van der Waals surface area (Å²) in [5.74, 6) is -0.691. The Morgan fingerprint density at radius 2 is 1.92 bits per heavy atom. The summed E-state index contributed by atoms with van der Waals surface area (Å²) < 4.78 is 0. The molecule has 2 amide bonds. The van der Waals surface area contributed by atoms with Crippen LogP contribution in [0.5, 0.6) is 0 Å². The van der Waals surface area contributed by atoms with Crippen LogP contribution in [0.2, 0.25) is 0 Å². The molecule has 5 heteroatoms. The van der Waals surface area contributed by atoms with Gasteiger partial charge in [0, 0.05) is 25.3 Å². The lowest BCUT2D eigenvalue weighted by atomic mass is 9.97. The minimum absolute atomic E-state index is 0.0347. The Kier molecular flexibility index (Phi) is 6.36. The summed E-state index contributed by atoms with van der Waals surface area (Å²) >= 11 is 0. The second-order valence-electron chi connectivity index (χ2n) is 6.37. The number of hydrogen-bond donors (Lipinski definition) is 0. The van der Waals surface area contributed by atoms with E-state index in [4.69, 9.17) is 0 Å². The molecule has 2 rings (SSSR count). The number of carbonyl (C=O) groups is 2. The van der Waals surface area contributed by atoms with E-state index in [1.165, 1.54) is 0 Å². The van der Waals surface area contributed by atoms with Gasteiger partial charge < -0.3 is 9.80 Å². The van der Waals surface area contributed by atoms with E-state index in [1.54, 1.807) is 9.80 Å². The number of piperidine rings is 1. The molecule has 1 unspecified atom stereocenters. The molecular weight excluding hydrogens is 302 g/mol. The molecular formula is C19H25N3O2. The van der Waals surface area contributed by atoms with Crippen molar-refractivity contribution in [3.63, 3.8) is 0 Å². The number of nitriles is 1. The lowest BCUT2D eigenvalue weighted by molar-refractivity contribution is -0.135. The van der Waals surface area contributed by atoms with Crippen molar-refractivity contribution >= 4 is 17.5 Å². The highest BCUT2D eigenvalue weighted by Gasteiger charge is 2.29. The highest BCUT2D eigenvalue weighted by atomic mass is 16.2. The first-order valence-corrected chi connectivity index (χ1v) is 8.60. The summed E-state index contributed by atoms with van der Waals surface area (Å²) in [5.41, 5.74) is 0.754. The van der Waals surface area contributed by atoms with Crippen LogP contribution in [0.25, 0.3) is 0 Å². The van der Waals surface area contributed by atoms with E-state index in [2.05, 4.69) is 6.92 Å². The summed E-state index contributed by atoms with van der Waals surface area (Å²) in [5, 5.41) is 9.41. The van der Waals surface area contributed by atoms with Gasteiger partial charge in [-0.25, -0.2) is 0 Å². The van der Waals surface area contributed by atoms with Crippen molar-refractivity contribution in [2.75, 3.05) is 24.5 Å². The van der Waals surface area contributed by atoms with Gasteiger partial charge in [0.2, 0.25) is 11.8 Å². The van der Waals surface area contributed by atoms with E-state index >= 15 is 0 Å². The SMILES string of the molecule is CCN(C(=O)C(C#N)CC(=O)N1CCC(C)CC1)c1ccccc1. The van der Waals surface area contributed by atoms with Crippen LogP contribution in [-0.4, -0.2) is 36.3 Å². The normalized spacial score (nSPS) is 16.3. The highest BCUT2D eigenvalue weighted by Crippen LogP contribution is 2.20. The zero-order chi connectivity index (χ0) is 17.5. The third-order valence-corrected chi connectivity index (χ3v) is 4.62. The van der Waals surface area contributed by atoms with Crippen LogP contribution in [0.1, 0.15) is 33.1 Å². The molecule has 0 saturated carbocycles. The average Bonchev–Trinajstić information content (AvgIpc) is 2.61. The number of benzene rings is 1. The Bertz CT molecular complexity index is 601. The summed E-state index contributed by atoms with van der Waals surface area (Å²) in [6.07, 6.45) is 1.94. The molecule has 0 N–H and O–H groups in total. The first-order valence-electron chi connectivity index (χ1n) is 8.60. The fourth-order valence-corrected chi connectivity index (χ4v) is 3.01. The van der Waals surface area contributed by atoms with Crippen molar-refractivity contribution in [3.8, 4) is 6.07 Å². The molecule has 0 spiro atoms. The van der Waals surface area contributed by atoms with Gasteiger partial charge in [-0.1, -0.05) is 25.1 Å². The number of amides is 2. The van der Waals surface area contributed by atoms with Crippen LogP contribution < -0.4 is 4.90 Å². The van der Waals surface area contributed by atoms with Gasteiger partial charge in [0.15, 0.2) is 0 Å². The summed E-state index contributed by atoms with van der Waals surface area (Å²) in [7, 11) is 0. The fourth-order valence-electron chi connectivity index (χ4n) is 3.01. The maximum atomic E-state index is 12.7. The average molecular weight is 327 g/mol. The standard InChI is InChI=1S/C19H25N3O2/c1-3-22(17-7-5-4-6-8-17)19(24)16(14-20)13-18(23)21-11-9-15(2)10-12-21/h4-8,15-16H,3,9-13H2,1-2H3. The zero-order valence-electron chi connectivity index (χ0n) is 14.4. The first-order chi connectivity index (χ1) is 11.6. The van der Waals surface area contributed by atoms with Gasteiger partial charge in [-0.15, -0.1) is 0 Å². The molecule has 0 radical (unpaired) electrons. The number of rotatable bonds is 5. The quantitative estimate of drug-likeness (QED) is 0.835. The summed E-state index contributed by atoms with van der Waals surface area (Å²) in [6, 6.07) is 11.3. The van der Waals surface area contributed by atoms with Gasteiger partial charge in [0.25, 0.3) is 0 Å². The van der Waals surface area contributed by atoms with E-state index in [1.807, 2.05) is 43.3 Å². The van der Waals surface area contributed by atoms with E-state index in [-0.39, 0.29) is 18.2 Å². The number of anilines is 1. The second-order valence-corrected chi connectivity index (χ2v) is 6.37. The smallest absolute Gasteiger partial charge is 0.244 e. The van der Waals surface area contributed by atoms with E-state index < -0.39 is 5.92 Å². The number of para-hydroxylation sites is 1.